The summed E-state index contributed by atoms with van der Waals surface area (Å²) in [5, 5.41) is 17.0. The summed E-state index contributed by atoms with van der Waals surface area (Å²) in [6, 6.07) is 16.2. The van der Waals surface area contributed by atoms with Gasteiger partial charge in [-0.1, -0.05) is 30.3 Å². The Kier molecular flexibility index (Phi) is 5.44. The van der Waals surface area contributed by atoms with Crippen molar-refractivity contribution in [1.82, 2.24) is 5.32 Å². The average molecular weight is 366 g/mol. The molecular weight excluding hydrogens is 340 g/mol. The predicted molar refractivity (Wildman–Crippen MR) is 109 cm³/mol. The number of benzene rings is 2. The lowest BCUT2D eigenvalue weighted by molar-refractivity contribution is 0.112. The van der Waals surface area contributed by atoms with Crippen molar-refractivity contribution in [2.24, 2.45) is 4.99 Å². The smallest absolute Gasteiger partial charge is 0.196 e. The van der Waals surface area contributed by atoms with Crippen LogP contribution in [0.4, 0.5) is 11.4 Å². The number of guanidine groups is 1. The molecule has 6 nitrogen and oxygen atoms in total. The summed E-state index contributed by atoms with van der Waals surface area (Å²) < 4.78 is 5.92. The van der Waals surface area contributed by atoms with E-state index in [4.69, 9.17) is 4.74 Å². The monoisotopic (exact) mass is 366 g/mol. The van der Waals surface area contributed by atoms with Crippen LogP contribution in [0.2, 0.25) is 0 Å². The molecule has 0 fully saturated rings. The predicted octanol–water partition coefficient (Wildman–Crippen LogP) is 2.25. The van der Waals surface area contributed by atoms with Crippen molar-refractivity contribution >= 4 is 17.3 Å². The maximum Gasteiger partial charge on any atom is 0.196 e. The number of ether oxygens (including phenoxy) is 1. The van der Waals surface area contributed by atoms with Gasteiger partial charge in [-0.15, -0.1) is 0 Å². The Morgan fingerprint density at radius 3 is 2.93 bits per heavy atom. The van der Waals surface area contributed by atoms with Gasteiger partial charge in [-0.25, -0.2) is 0 Å². The zero-order valence-corrected chi connectivity index (χ0v) is 15.4. The molecule has 3 N–H and O–H groups in total. The number of fused-ring (bicyclic) bond motifs is 1. The SMILES string of the molecule is OC(COc1ccccc1NC1=NCCN1)CN1CCCc2ccccc21. The van der Waals surface area contributed by atoms with Gasteiger partial charge in [0.2, 0.25) is 0 Å². The van der Waals surface area contributed by atoms with Crippen LogP contribution in [0.15, 0.2) is 53.5 Å². The molecule has 0 saturated carbocycles. The molecule has 0 saturated heterocycles. The van der Waals surface area contributed by atoms with Crippen LogP contribution in [0.5, 0.6) is 5.75 Å². The molecule has 0 radical (unpaired) electrons. The van der Waals surface area contributed by atoms with Crippen molar-refractivity contribution in [1.29, 1.82) is 0 Å². The second-order valence-corrected chi connectivity index (χ2v) is 6.92. The van der Waals surface area contributed by atoms with Gasteiger partial charge in [-0.05, 0) is 36.6 Å². The number of anilines is 2. The van der Waals surface area contributed by atoms with Crippen LogP contribution in [-0.4, -0.2) is 50.0 Å². The topological polar surface area (TPSA) is 69.1 Å². The first kappa shape index (κ1) is 17.7. The summed E-state index contributed by atoms with van der Waals surface area (Å²) in [5.41, 5.74) is 3.44. The molecule has 0 spiro atoms. The van der Waals surface area contributed by atoms with E-state index in [9.17, 15) is 5.11 Å². The minimum Gasteiger partial charge on any atom is -0.489 e. The van der Waals surface area contributed by atoms with E-state index in [0.717, 1.165) is 44.1 Å². The van der Waals surface area contributed by atoms with Gasteiger partial charge in [-0.3, -0.25) is 4.99 Å². The van der Waals surface area contributed by atoms with E-state index in [2.05, 4.69) is 44.8 Å². The number of rotatable bonds is 6. The van der Waals surface area contributed by atoms with Gasteiger partial charge in [0, 0.05) is 25.3 Å². The molecule has 2 aromatic carbocycles. The lowest BCUT2D eigenvalue weighted by atomic mass is 10.0. The first-order chi connectivity index (χ1) is 13.3. The van der Waals surface area contributed by atoms with Crippen LogP contribution in [0, 0.1) is 0 Å². The van der Waals surface area contributed by atoms with Crippen LogP contribution in [-0.2, 0) is 6.42 Å². The summed E-state index contributed by atoms with van der Waals surface area (Å²) >= 11 is 0. The Labute approximate surface area is 159 Å². The minimum atomic E-state index is -0.564. The molecule has 4 rings (SSSR count). The summed E-state index contributed by atoms with van der Waals surface area (Å²) in [7, 11) is 0. The van der Waals surface area contributed by atoms with E-state index in [1.807, 2.05) is 24.3 Å². The Hall–Kier alpha value is -2.73. The van der Waals surface area contributed by atoms with Gasteiger partial charge in [0.05, 0.1) is 12.2 Å². The van der Waals surface area contributed by atoms with E-state index < -0.39 is 6.10 Å². The standard InChI is InChI=1S/C21H26N4O2/c26-17(14-25-13-5-7-16-6-1-3-9-19(16)25)15-27-20-10-4-2-8-18(20)24-21-22-11-12-23-21/h1-4,6,8-10,17,26H,5,7,11-15H2,(H2,22,23,24). The lowest BCUT2D eigenvalue weighted by Gasteiger charge is -2.32. The number of nitrogens with one attached hydrogen (secondary N) is 2. The molecule has 1 unspecified atom stereocenters. The molecule has 0 aromatic heterocycles. The third-order valence-corrected chi connectivity index (χ3v) is 4.88. The van der Waals surface area contributed by atoms with Gasteiger partial charge in [0.1, 0.15) is 18.5 Å². The third kappa shape index (κ3) is 4.34. The summed E-state index contributed by atoms with van der Waals surface area (Å²) in [6.45, 7) is 3.42. The molecule has 2 heterocycles. The number of hydrogen-bond donors (Lipinski definition) is 3. The van der Waals surface area contributed by atoms with E-state index >= 15 is 0 Å². The molecule has 2 aliphatic heterocycles. The number of aliphatic imine (C=N–C) groups is 1. The molecule has 2 aromatic rings. The fourth-order valence-electron chi connectivity index (χ4n) is 3.60. The van der Waals surface area contributed by atoms with Crippen LogP contribution < -0.4 is 20.3 Å². The Balaban J connectivity index is 1.35. The van der Waals surface area contributed by atoms with Crippen LogP contribution >= 0.6 is 0 Å². The molecule has 0 amide bonds. The largest absolute Gasteiger partial charge is 0.489 e. The highest BCUT2D eigenvalue weighted by molar-refractivity contribution is 5.95. The Morgan fingerprint density at radius 1 is 1.19 bits per heavy atom. The van der Waals surface area contributed by atoms with Crippen molar-refractivity contribution in [2.45, 2.75) is 18.9 Å². The first-order valence-electron chi connectivity index (χ1n) is 9.58. The fraction of sp³-hybridized carbons (Fsp3) is 0.381. The third-order valence-electron chi connectivity index (χ3n) is 4.88. The number of hydrogen-bond acceptors (Lipinski definition) is 6. The second-order valence-electron chi connectivity index (χ2n) is 6.92. The highest BCUT2D eigenvalue weighted by Crippen LogP contribution is 2.27. The molecule has 0 aliphatic carbocycles. The number of aryl methyl sites for hydroxylation is 1. The van der Waals surface area contributed by atoms with Gasteiger partial charge >= 0.3 is 0 Å². The average Bonchev–Trinajstić information content (AvgIpc) is 3.21. The van der Waals surface area contributed by atoms with Crippen molar-refractivity contribution in [3.63, 3.8) is 0 Å². The number of β-amino-alcohol motifs (C(OH)–C–C–N with tert-alkyl or cyclic N) is 1. The number of aliphatic hydroxyl groups is 1. The van der Waals surface area contributed by atoms with E-state index in [-0.39, 0.29) is 6.61 Å². The molecular formula is C21H26N4O2. The molecule has 6 heteroatoms. The molecule has 0 bridgehead atoms. The maximum atomic E-state index is 10.5. The maximum absolute atomic E-state index is 10.5. The Bertz CT molecular complexity index is 808. The Morgan fingerprint density at radius 2 is 2.04 bits per heavy atom. The van der Waals surface area contributed by atoms with E-state index in [0.29, 0.717) is 12.3 Å². The second kappa shape index (κ2) is 8.31. The fourth-order valence-corrected chi connectivity index (χ4v) is 3.60. The molecule has 142 valence electrons. The normalized spacial score (nSPS) is 16.9. The molecule has 27 heavy (non-hydrogen) atoms. The lowest BCUT2D eigenvalue weighted by Crippen LogP contribution is -2.38. The van der Waals surface area contributed by atoms with Gasteiger partial charge < -0.3 is 25.4 Å². The van der Waals surface area contributed by atoms with Crippen LogP contribution in [0.3, 0.4) is 0 Å². The van der Waals surface area contributed by atoms with E-state index in [1.165, 1.54) is 11.3 Å². The number of para-hydroxylation sites is 3. The molecule has 2 aliphatic rings. The van der Waals surface area contributed by atoms with Crippen molar-refractivity contribution in [2.75, 3.05) is 43.0 Å². The van der Waals surface area contributed by atoms with Crippen molar-refractivity contribution in [3.05, 3.63) is 54.1 Å². The summed E-state index contributed by atoms with van der Waals surface area (Å²) in [4.78, 5) is 6.61. The minimum absolute atomic E-state index is 0.247. The number of aliphatic hydroxyl groups excluding tert-OH is 1. The quantitative estimate of drug-likeness (QED) is 0.732. The van der Waals surface area contributed by atoms with Crippen LogP contribution in [0.1, 0.15) is 12.0 Å². The zero-order valence-electron chi connectivity index (χ0n) is 15.4. The van der Waals surface area contributed by atoms with Crippen LogP contribution in [0.25, 0.3) is 0 Å². The highest BCUT2D eigenvalue weighted by Gasteiger charge is 2.19. The van der Waals surface area contributed by atoms with Gasteiger partial charge in [0.25, 0.3) is 0 Å². The van der Waals surface area contributed by atoms with Crippen molar-refractivity contribution in [3.8, 4) is 5.75 Å². The zero-order chi connectivity index (χ0) is 18.5. The van der Waals surface area contributed by atoms with E-state index in [1.54, 1.807) is 0 Å². The van der Waals surface area contributed by atoms with Gasteiger partial charge in [0.15, 0.2) is 5.96 Å². The number of nitrogens with zero attached hydrogens (tertiary/aromatic N) is 2. The highest BCUT2D eigenvalue weighted by atomic mass is 16.5. The molecule has 1 atom stereocenters. The first-order valence-corrected chi connectivity index (χ1v) is 9.58. The van der Waals surface area contributed by atoms with Crippen molar-refractivity contribution < 1.29 is 9.84 Å². The van der Waals surface area contributed by atoms with Gasteiger partial charge in [-0.2, -0.15) is 0 Å². The summed E-state index contributed by atoms with van der Waals surface area (Å²) in [6.07, 6.45) is 1.66. The summed E-state index contributed by atoms with van der Waals surface area (Å²) in [5.74, 6) is 1.48.